The average Bonchev–Trinajstić information content (AvgIpc) is 2.72. The summed E-state index contributed by atoms with van der Waals surface area (Å²) in [7, 11) is 0. The zero-order valence-corrected chi connectivity index (χ0v) is 13.7. The maximum absolute atomic E-state index is 6.30. The molecule has 0 amide bonds. The molecule has 0 unspecified atom stereocenters. The lowest BCUT2D eigenvalue weighted by Crippen LogP contribution is -2.01. The molecule has 0 radical (unpaired) electrons. The second-order valence-corrected chi connectivity index (χ2v) is 6.18. The molecule has 1 aromatic heterocycles. The van der Waals surface area contributed by atoms with E-state index in [4.69, 9.17) is 40.5 Å². The van der Waals surface area contributed by atoms with Crippen LogP contribution in [-0.4, -0.2) is 9.55 Å². The molecule has 1 heterocycles. The highest BCUT2D eigenvalue weighted by Crippen LogP contribution is 2.37. The maximum atomic E-state index is 6.30. The molecule has 2 N–H and O–H groups in total. The van der Waals surface area contributed by atoms with Crippen molar-refractivity contribution in [1.29, 1.82) is 0 Å². The summed E-state index contributed by atoms with van der Waals surface area (Å²) in [5.74, 6) is 0.322. The molecule has 0 saturated heterocycles. The Morgan fingerprint density at radius 3 is 2.55 bits per heavy atom. The van der Waals surface area contributed by atoms with Gasteiger partial charge in [0, 0.05) is 9.50 Å². The van der Waals surface area contributed by atoms with Crippen LogP contribution in [-0.2, 0) is 0 Å². The Morgan fingerprint density at radius 2 is 1.80 bits per heavy atom. The third-order valence-electron chi connectivity index (χ3n) is 2.90. The number of nitrogens with two attached hydrogens (primary N) is 1. The summed E-state index contributed by atoms with van der Waals surface area (Å²) in [6, 6.07) is 9.00. The summed E-state index contributed by atoms with van der Waals surface area (Å²) < 4.78 is 2.46. The Morgan fingerprint density at radius 1 is 1.05 bits per heavy atom. The average molecular weight is 391 g/mol. The Kier molecular flexibility index (Phi) is 3.58. The predicted octanol–water partition coefficient (Wildman–Crippen LogP) is 5.33. The smallest absolute Gasteiger partial charge is 0.205 e. The normalized spacial score (nSPS) is 11.2. The number of hydrogen-bond acceptors (Lipinski definition) is 2. The van der Waals surface area contributed by atoms with Gasteiger partial charge in [-0.3, -0.25) is 4.57 Å². The van der Waals surface area contributed by atoms with Crippen molar-refractivity contribution in [2.24, 2.45) is 0 Å². The largest absolute Gasteiger partial charge is 0.369 e. The molecule has 0 bridgehead atoms. The first-order valence-corrected chi connectivity index (χ1v) is 7.49. The minimum absolute atomic E-state index is 0.322. The second kappa shape index (κ2) is 5.11. The van der Waals surface area contributed by atoms with E-state index in [0.717, 1.165) is 9.99 Å². The van der Waals surface area contributed by atoms with Crippen LogP contribution in [0.2, 0.25) is 15.1 Å². The molecule has 0 fully saturated rings. The highest BCUT2D eigenvalue weighted by molar-refractivity contribution is 9.10. The number of aromatic nitrogens is 2. The van der Waals surface area contributed by atoms with Crippen LogP contribution in [0.3, 0.4) is 0 Å². The van der Waals surface area contributed by atoms with Crippen molar-refractivity contribution in [1.82, 2.24) is 9.55 Å². The van der Waals surface area contributed by atoms with Gasteiger partial charge >= 0.3 is 0 Å². The number of rotatable bonds is 1. The molecule has 0 atom stereocenters. The van der Waals surface area contributed by atoms with Crippen LogP contribution >= 0.6 is 50.7 Å². The monoisotopic (exact) mass is 389 g/mol. The SMILES string of the molecule is Nc1nc2cc(Cl)ccc2n1-c1ccc(Br)c(Cl)c1Cl. The van der Waals surface area contributed by atoms with Gasteiger partial charge in [0.1, 0.15) is 0 Å². The maximum Gasteiger partial charge on any atom is 0.205 e. The number of imidazole rings is 1. The number of fused-ring (bicyclic) bond motifs is 1. The molecule has 3 aromatic rings. The molecule has 0 spiro atoms. The summed E-state index contributed by atoms with van der Waals surface area (Å²) in [6.07, 6.45) is 0. The number of nitrogen functional groups attached to an aromatic ring is 1. The number of nitrogens with zero attached hydrogens (tertiary/aromatic N) is 2. The van der Waals surface area contributed by atoms with Gasteiger partial charge in [-0.25, -0.2) is 4.98 Å². The summed E-state index contributed by atoms with van der Waals surface area (Å²) in [4.78, 5) is 4.29. The molecule has 2 aromatic carbocycles. The van der Waals surface area contributed by atoms with Gasteiger partial charge in [-0.05, 0) is 46.3 Å². The summed E-state index contributed by atoms with van der Waals surface area (Å²) in [5.41, 5.74) is 8.17. The fourth-order valence-corrected chi connectivity index (χ4v) is 3.03. The molecule has 0 saturated carbocycles. The lowest BCUT2D eigenvalue weighted by Gasteiger charge is -2.10. The first-order valence-electron chi connectivity index (χ1n) is 5.56. The van der Waals surface area contributed by atoms with Gasteiger partial charge in [0.05, 0.1) is 26.8 Å². The van der Waals surface area contributed by atoms with E-state index >= 15 is 0 Å². The van der Waals surface area contributed by atoms with E-state index in [2.05, 4.69) is 20.9 Å². The Labute approximate surface area is 138 Å². The molecule has 7 heteroatoms. The van der Waals surface area contributed by atoms with Gasteiger partial charge in [-0.15, -0.1) is 0 Å². The molecular formula is C13H7BrCl3N3. The van der Waals surface area contributed by atoms with Crippen LogP contribution in [0.15, 0.2) is 34.8 Å². The van der Waals surface area contributed by atoms with Gasteiger partial charge in [-0.2, -0.15) is 0 Å². The molecular weight excluding hydrogens is 384 g/mol. The first kappa shape index (κ1) is 14.0. The van der Waals surface area contributed by atoms with E-state index in [-0.39, 0.29) is 0 Å². The minimum Gasteiger partial charge on any atom is -0.369 e. The second-order valence-electron chi connectivity index (χ2n) is 4.13. The van der Waals surface area contributed by atoms with Crippen LogP contribution in [0.25, 0.3) is 16.7 Å². The van der Waals surface area contributed by atoms with Gasteiger partial charge in [0.25, 0.3) is 0 Å². The van der Waals surface area contributed by atoms with Crippen molar-refractivity contribution in [3.05, 3.63) is 49.9 Å². The number of anilines is 1. The van der Waals surface area contributed by atoms with Crippen molar-refractivity contribution < 1.29 is 0 Å². The van der Waals surface area contributed by atoms with Crippen molar-refractivity contribution in [2.75, 3.05) is 5.73 Å². The van der Waals surface area contributed by atoms with Gasteiger partial charge < -0.3 is 5.73 Å². The fourth-order valence-electron chi connectivity index (χ4n) is 2.01. The van der Waals surface area contributed by atoms with Crippen LogP contribution in [0.5, 0.6) is 0 Å². The number of benzene rings is 2. The fraction of sp³-hybridized carbons (Fsp3) is 0. The Hall–Kier alpha value is -0.940. The summed E-state index contributed by atoms with van der Waals surface area (Å²) >= 11 is 21.7. The van der Waals surface area contributed by atoms with Crippen molar-refractivity contribution >= 4 is 67.7 Å². The first-order chi connectivity index (χ1) is 9.49. The van der Waals surface area contributed by atoms with Crippen molar-refractivity contribution in [2.45, 2.75) is 0 Å². The lowest BCUT2D eigenvalue weighted by molar-refractivity contribution is 1.11. The minimum atomic E-state index is 0.322. The van der Waals surface area contributed by atoms with E-state index in [9.17, 15) is 0 Å². The van der Waals surface area contributed by atoms with Crippen LogP contribution in [0.4, 0.5) is 5.95 Å². The van der Waals surface area contributed by atoms with Crippen LogP contribution in [0, 0.1) is 0 Å². The molecule has 0 aliphatic heterocycles. The van der Waals surface area contributed by atoms with Gasteiger partial charge in [-0.1, -0.05) is 34.8 Å². The molecule has 0 aliphatic carbocycles. The standard InChI is InChI=1S/C13H7BrCl3N3/c14-7-2-4-10(12(17)11(7)16)20-9-3-1-6(15)5-8(9)19-13(20)18/h1-5H,(H2,18,19). The van der Waals surface area contributed by atoms with E-state index in [1.807, 2.05) is 18.2 Å². The molecule has 102 valence electrons. The van der Waals surface area contributed by atoms with E-state index in [0.29, 0.717) is 32.2 Å². The zero-order valence-electron chi connectivity index (χ0n) is 9.87. The zero-order chi connectivity index (χ0) is 14.4. The lowest BCUT2D eigenvalue weighted by atomic mass is 10.2. The van der Waals surface area contributed by atoms with Crippen molar-refractivity contribution in [3.8, 4) is 5.69 Å². The third kappa shape index (κ3) is 2.17. The predicted molar refractivity (Wildman–Crippen MR) is 88.2 cm³/mol. The Bertz CT molecular complexity index is 829. The summed E-state index contributed by atoms with van der Waals surface area (Å²) in [6.45, 7) is 0. The van der Waals surface area contributed by atoms with Gasteiger partial charge in [0.2, 0.25) is 5.95 Å². The van der Waals surface area contributed by atoms with E-state index < -0.39 is 0 Å². The quantitative estimate of drug-likeness (QED) is 0.570. The highest BCUT2D eigenvalue weighted by atomic mass is 79.9. The van der Waals surface area contributed by atoms with Crippen molar-refractivity contribution in [3.63, 3.8) is 0 Å². The molecule has 20 heavy (non-hydrogen) atoms. The summed E-state index contributed by atoms with van der Waals surface area (Å²) in [5, 5.41) is 1.43. The third-order valence-corrected chi connectivity index (χ3v) is 4.89. The molecule has 0 aliphatic rings. The molecule has 3 nitrogen and oxygen atoms in total. The van der Waals surface area contributed by atoms with Gasteiger partial charge in [0.15, 0.2) is 0 Å². The number of halogens is 4. The topological polar surface area (TPSA) is 43.8 Å². The van der Waals surface area contributed by atoms with E-state index in [1.165, 1.54) is 0 Å². The molecule has 3 rings (SSSR count). The van der Waals surface area contributed by atoms with Crippen LogP contribution in [0.1, 0.15) is 0 Å². The Balaban J connectivity index is 2.35. The van der Waals surface area contributed by atoms with Crippen LogP contribution < -0.4 is 5.73 Å². The van der Waals surface area contributed by atoms with E-state index in [1.54, 1.807) is 16.7 Å². The number of hydrogen-bond donors (Lipinski definition) is 1. The highest BCUT2D eigenvalue weighted by Gasteiger charge is 2.16.